The second kappa shape index (κ2) is 8.99. The average Bonchev–Trinajstić information content (AvgIpc) is 2.76. The van der Waals surface area contributed by atoms with Crippen molar-refractivity contribution in [1.82, 2.24) is 15.1 Å². The van der Waals surface area contributed by atoms with Crippen molar-refractivity contribution in [3.05, 3.63) is 47.0 Å². The van der Waals surface area contributed by atoms with E-state index in [2.05, 4.69) is 39.1 Å². The quantitative estimate of drug-likeness (QED) is 0.770. The number of amides is 1. The lowest BCUT2D eigenvalue weighted by Gasteiger charge is -2.35. The molecule has 2 saturated heterocycles. The average molecular weight is 414 g/mol. The topological polar surface area (TPSA) is 52.6 Å². The first-order valence-corrected chi connectivity index (χ1v) is 10.8. The lowest BCUT2D eigenvalue weighted by Crippen LogP contribution is -2.49. The molecule has 2 fully saturated rings. The van der Waals surface area contributed by atoms with Crippen molar-refractivity contribution in [3.63, 3.8) is 0 Å². The molecule has 0 atom stereocenters. The molecule has 2 aliphatic rings. The Balaban J connectivity index is 1.29. The van der Waals surface area contributed by atoms with Crippen molar-refractivity contribution in [1.29, 1.82) is 0 Å². The molecule has 1 aromatic heterocycles. The minimum atomic E-state index is 0.160. The van der Waals surface area contributed by atoms with Crippen LogP contribution in [0, 0.1) is 5.92 Å². The summed E-state index contributed by atoms with van der Waals surface area (Å²) in [6.45, 7) is 7.40. The van der Waals surface area contributed by atoms with Gasteiger partial charge in [-0.05, 0) is 48.6 Å². The van der Waals surface area contributed by atoms with E-state index in [1.54, 1.807) is 0 Å². The van der Waals surface area contributed by atoms with Gasteiger partial charge in [0.25, 0.3) is 0 Å². The van der Waals surface area contributed by atoms with Gasteiger partial charge in [-0.15, -0.1) is 10.2 Å². The summed E-state index contributed by atoms with van der Waals surface area (Å²) in [6.07, 6.45) is 2.85. The van der Waals surface area contributed by atoms with Gasteiger partial charge in [-0.1, -0.05) is 30.7 Å². The molecule has 2 aromatic rings. The molecule has 2 aliphatic heterocycles. The Bertz CT molecular complexity index is 810. The summed E-state index contributed by atoms with van der Waals surface area (Å²) in [4.78, 5) is 19.0. The van der Waals surface area contributed by atoms with Crippen LogP contribution in [-0.4, -0.2) is 60.3 Å². The van der Waals surface area contributed by atoms with Crippen LogP contribution in [0.3, 0.4) is 0 Å². The normalized spacial score (nSPS) is 18.2. The summed E-state index contributed by atoms with van der Waals surface area (Å²) in [6, 6.07) is 11.6. The standard InChI is InChI=1S/C22H28ClN5O/c1-17-8-10-26(11-9-17)20-6-7-21(25-24-20)27-12-14-28(15-13-27)22(29)16-18-2-4-19(23)5-3-18/h2-7,17H,8-16H2,1H3. The van der Waals surface area contributed by atoms with Gasteiger partial charge in [0.15, 0.2) is 11.6 Å². The van der Waals surface area contributed by atoms with Gasteiger partial charge in [-0.2, -0.15) is 0 Å². The minimum absolute atomic E-state index is 0.160. The molecular formula is C22H28ClN5O. The van der Waals surface area contributed by atoms with Crippen LogP contribution < -0.4 is 9.80 Å². The Kier molecular flexibility index (Phi) is 6.19. The second-order valence-electron chi connectivity index (χ2n) is 8.09. The van der Waals surface area contributed by atoms with Crippen molar-refractivity contribution in [3.8, 4) is 0 Å². The molecule has 0 saturated carbocycles. The number of piperazine rings is 1. The largest absolute Gasteiger partial charge is 0.355 e. The predicted octanol–water partition coefficient (Wildman–Crippen LogP) is 3.26. The number of carbonyl (C=O) groups excluding carboxylic acids is 1. The number of hydrogen-bond acceptors (Lipinski definition) is 5. The molecule has 29 heavy (non-hydrogen) atoms. The van der Waals surface area contributed by atoms with Gasteiger partial charge >= 0.3 is 0 Å². The van der Waals surface area contributed by atoms with Crippen LogP contribution in [0.2, 0.25) is 5.02 Å². The molecule has 7 heteroatoms. The Morgan fingerprint density at radius 3 is 2.00 bits per heavy atom. The van der Waals surface area contributed by atoms with E-state index in [9.17, 15) is 4.79 Å². The van der Waals surface area contributed by atoms with Gasteiger partial charge in [0.05, 0.1) is 6.42 Å². The summed E-state index contributed by atoms with van der Waals surface area (Å²) in [5.41, 5.74) is 0.996. The fraction of sp³-hybridized carbons (Fsp3) is 0.500. The SMILES string of the molecule is CC1CCN(c2ccc(N3CCN(C(=O)Cc4ccc(Cl)cc4)CC3)nn2)CC1. The van der Waals surface area contributed by atoms with Crippen LogP contribution in [0.5, 0.6) is 0 Å². The number of hydrogen-bond donors (Lipinski definition) is 0. The maximum Gasteiger partial charge on any atom is 0.227 e. The van der Waals surface area contributed by atoms with Crippen molar-refractivity contribution in [2.24, 2.45) is 5.92 Å². The summed E-state index contributed by atoms with van der Waals surface area (Å²) in [5, 5.41) is 9.61. The highest BCUT2D eigenvalue weighted by Gasteiger charge is 2.23. The van der Waals surface area contributed by atoms with Gasteiger partial charge in [0.2, 0.25) is 5.91 Å². The van der Waals surface area contributed by atoms with Gasteiger partial charge in [0.1, 0.15) is 0 Å². The van der Waals surface area contributed by atoms with E-state index < -0.39 is 0 Å². The first-order chi connectivity index (χ1) is 14.1. The third kappa shape index (κ3) is 4.99. The van der Waals surface area contributed by atoms with E-state index in [1.807, 2.05) is 29.2 Å². The fourth-order valence-electron chi connectivity index (χ4n) is 3.97. The molecule has 0 spiro atoms. The maximum absolute atomic E-state index is 12.6. The summed E-state index contributed by atoms with van der Waals surface area (Å²) < 4.78 is 0. The Morgan fingerprint density at radius 2 is 1.45 bits per heavy atom. The molecule has 0 aliphatic carbocycles. The maximum atomic E-state index is 12.6. The molecule has 3 heterocycles. The molecule has 6 nitrogen and oxygen atoms in total. The number of aromatic nitrogens is 2. The molecule has 4 rings (SSSR count). The third-order valence-electron chi connectivity index (χ3n) is 5.97. The molecule has 1 amide bonds. The Hall–Kier alpha value is -2.34. The predicted molar refractivity (Wildman–Crippen MR) is 117 cm³/mol. The fourth-order valence-corrected chi connectivity index (χ4v) is 4.09. The summed E-state index contributed by atoms with van der Waals surface area (Å²) in [5.74, 6) is 2.83. The Labute approximate surface area is 177 Å². The number of carbonyl (C=O) groups is 1. The molecular weight excluding hydrogens is 386 g/mol. The van der Waals surface area contributed by atoms with E-state index in [1.165, 1.54) is 12.8 Å². The van der Waals surface area contributed by atoms with E-state index in [-0.39, 0.29) is 5.91 Å². The summed E-state index contributed by atoms with van der Waals surface area (Å²) >= 11 is 5.92. The number of nitrogens with zero attached hydrogens (tertiary/aromatic N) is 5. The zero-order chi connectivity index (χ0) is 20.2. The molecule has 0 bridgehead atoms. The Morgan fingerprint density at radius 1 is 0.897 bits per heavy atom. The highest BCUT2D eigenvalue weighted by atomic mass is 35.5. The molecule has 0 radical (unpaired) electrons. The molecule has 154 valence electrons. The van der Waals surface area contributed by atoms with E-state index in [4.69, 9.17) is 11.6 Å². The van der Waals surface area contributed by atoms with E-state index in [0.717, 1.165) is 49.3 Å². The zero-order valence-corrected chi connectivity index (χ0v) is 17.7. The first-order valence-electron chi connectivity index (χ1n) is 10.4. The highest BCUT2D eigenvalue weighted by Crippen LogP contribution is 2.22. The molecule has 0 unspecified atom stereocenters. The van der Waals surface area contributed by atoms with Crippen LogP contribution in [0.4, 0.5) is 11.6 Å². The number of halogens is 1. The number of piperidine rings is 1. The lowest BCUT2D eigenvalue weighted by atomic mass is 9.99. The zero-order valence-electron chi connectivity index (χ0n) is 16.9. The highest BCUT2D eigenvalue weighted by molar-refractivity contribution is 6.30. The van der Waals surface area contributed by atoms with Crippen LogP contribution in [-0.2, 0) is 11.2 Å². The number of benzene rings is 1. The minimum Gasteiger partial charge on any atom is -0.355 e. The van der Waals surface area contributed by atoms with Gasteiger partial charge < -0.3 is 14.7 Å². The summed E-state index contributed by atoms with van der Waals surface area (Å²) in [7, 11) is 0. The number of anilines is 2. The van der Waals surface area contributed by atoms with Crippen molar-refractivity contribution < 1.29 is 4.79 Å². The van der Waals surface area contributed by atoms with Crippen molar-refractivity contribution >= 4 is 29.1 Å². The lowest BCUT2D eigenvalue weighted by molar-refractivity contribution is -0.130. The van der Waals surface area contributed by atoms with Crippen molar-refractivity contribution in [2.45, 2.75) is 26.2 Å². The van der Waals surface area contributed by atoms with Gasteiger partial charge in [-0.25, -0.2) is 0 Å². The molecule has 1 aromatic carbocycles. The number of rotatable bonds is 4. The van der Waals surface area contributed by atoms with E-state index in [0.29, 0.717) is 24.5 Å². The van der Waals surface area contributed by atoms with Crippen LogP contribution in [0.15, 0.2) is 36.4 Å². The molecule has 0 N–H and O–H groups in total. The van der Waals surface area contributed by atoms with Crippen LogP contribution >= 0.6 is 11.6 Å². The van der Waals surface area contributed by atoms with Crippen molar-refractivity contribution in [2.75, 3.05) is 49.1 Å². The first kappa shape index (κ1) is 20.0. The van der Waals surface area contributed by atoms with E-state index >= 15 is 0 Å². The van der Waals surface area contributed by atoms with Gasteiger partial charge in [0, 0.05) is 44.3 Å². The van der Waals surface area contributed by atoms with Crippen LogP contribution in [0.25, 0.3) is 0 Å². The monoisotopic (exact) mass is 413 g/mol. The van der Waals surface area contributed by atoms with Crippen LogP contribution in [0.1, 0.15) is 25.3 Å². The second-order valence-corrected chi connectivity index (χ2v) is 8.53. The smallest absolute Gasteiger partial charge is 0.227 e. The van der Waals surface area contributed by atoms with Gasteiger partial charge in [-0.3, -0.25) is 4.79 Å². The third-order valence-corrected chi connectivity index (χ3v) is 6.22.